The highest BCUT2D eigenvalue weighted by molar-refractivity contribution is 6.36. The van der Waals surface area contributed by atoms with Crippen molar-refractivity contribution in [3.05, 3.63) is 46.1 Å². The van der Waals surface area contributed by atoms with E-state index in [2.05, 4.69) is 19.2 Å². The lowest BCUT2D eigenvalue weighted by Crippen LogP contribution is -2.60. The number of piperidine rings is 1. The number of amides is 2. The summed E-state index contributed by atoms with van der Waals surface area (Å²) in [6, 6.07) is 5.01. The zero-order valence-corrected chi connectivity index (χ0v) is 19.7. The Kier molecular flexibility index (Phi) is 6.52. The average molecular weight is 480 g/mol. The molecule has 3 aliphatic rings. The molecule has 2 unspecified atom stereocenters. The molecule has 2 fully saturated rings. The van der Waals surface area contributed by atoms with Crippen LogP contribution in [0.5, 0.6) is 0 Å². The van der Waals surface area contributed by atoms with Crippen molar-refractivity contribution in [1.82, 2.24) is 15.1 Å². The molecule has 3 aliphatic heterocycles. The van der Waals surface area contributed by atoms with Crippen LogP contribution in [0, 0.1) is 5.92 Å². The van der Waals surface area contributed by atoms with Gasteiger partial charge in [-0.15, -0.1) is 0 Å². The minimum atomic E-state index is -1.09. The van der Waals surface area contributed by atoms with Crippen LogP contribution in [-0.4, -0.2) is 58.3 Å². The molecule has 32 heavy (non-hydrogen) atoms. The summed E-state index contributed by atoms with van der Waals surface area (Å²) < 4.78 is 5.17. The van der Waals surface area contributed by atoms with E-state index in [0.717, 1.165) is 0 Å². The molecule has 4 rings (SSSR count). The number of halogens is 2. The number of rotatable bonds is 5. The summed E-state index contributed by atoms with van der Waals surface area (Å²) in [5, 5.41) is 4.61. The van der Waals surface area contributed by atoms with Crippen LogP contribution < -0.4 is 5.32 Å². The predicted octanol–water partition coefficient (Wildman–Crippen LogP) is 3.14. The molecule has 3 heterocycles. The number of hydrogen-bond acceptors (Lipinski definition) is 5. The summed E-state index contributed by atoms with van der Waals surface area (Å²) in [4.78, 5) is 41.5. The fraction of sp³-hybridized carbons (Fsp3) is 0.522. The van der Waals surface area contributed by atoms with Crippen molar-refractivity contribution in [2.45, 2.75) is 57.5 Å². The fourth-order valence-electron chi connectivity index (χ4n) is 4.76. The molecule has 2 saturated heterocycles. The first-order valence-corrected chi connectivity index (χ1v) is 11.6. The lowest BCUT2D eigenvalue weighted by molar-refractivity contribution is -0.147. The third-order valence-corrected chi connectivity index (χ3v) is 7.15. The minimum absolute atomic E-state index is 0.0213. The summed E-state index contributed by atoms with van der Waals surface area (Å²) in [5.74, 6) is -0.306. The van der Waals surface area contributed by atoms with Crippen LogP contribution >= 0.6 is 23.2 Å². The summed E-state index contributed by atoms with van der Waals surface area (Å²) >= 11 is 12.8. The topological polar surface area (TPSA) is 79.0 Å². The van der Waals surface area contributed by atoms with E-state index in [9.17, 15) is 14.4 Å². The third kappa shape index (κ3) is 4.26. The van der Waals surface area contributed by atoms with Gasteiger partial charge in [0.2, 0.25) is 17.8 Å². The third-order valence-electron chi connectivity index (χ3n) is 6.44. The van der Waals surface area contributed by atoms with Gasteiger partial charge in [0.15, 0.2) is 0 Å². The molecule has 2 amide bonds. The normalized spacial score (nSPS) is 24.7. The monoisotopic (exact) mass is 479 g/mol. The first-order chi connectivity index (χ1) is 15.2. The number of ketones is 1. The van der Waals surface area contributed by atoms with Crippen molar-refractivity contribution in [2.24, 2.45) is 5.92 Å². The Morgan fingerprint density at radius 3 is 2.44 bits per heavy atom. The van der Waals surface area contributed by atoms with E-state index in [-0.39, 0.29) is 23.6 Å². The Labute approximate surface area is 197 Å². The van der Waals surface area contributed by atoms with Crippen molar-refractivity contribution in [3.8, 4) is 0 Å². The number of carbonyl (C=O) groups is 3. The number of hydrogen-bond donors (Lipinski definition) is 1. The maximum absolute atomic E-state index is 13.4. The average Bonchev–Trinajstić information content (AvgIpc) is 3.27. The maximum atomic E-state index is 13.4. The zero-order valence-electron chi connectivity index (χ0n) is 18.1. The lowest BCUT2D eigenvalue weighted by Gasteiger charge is -2.45. The van der Waals surface area contributed by atoms with Crippen LogP contribution in [-0.2, 0) is 25.7 Å². The zero-order chi connectivity index (χ0) is 23.0. The van der Waals surface area contributed by atoms with Gasteiger partial charge in [-0.2, -0.15) is 0 Å². The van der Waals surface area contributed by atoms with Gasteiger partial charge >= 0.3 is 0 Å². The van der Waals surface area contributed by atoms with E-state index in [0.29, 0.717) is 60.4 Å². The van der Waals surface area contributed by atoms with Gasteiger partial charge in [0.05, 0.1) is 24.5 Å². The summed E-state index contributed by atoms with van der Waals surface area (Å²) in [7, 11) is 0. The van der Waals surface area contributed by atoms with Crippen molar-refractivity contribution in [1.29, 1.82) is 0 Å². The smallest absolute Gasteiger partial charge is 0.271 e. The van der Waals surface area contributed by atoms with Crippen molar-refractivity contribution >= 4 is 40.8 Å². The molecule has 9 heteroatoms. The Hall–Kier alpha value is -2.09. The van der Waals surface area contributed by atoms with Gasteiger partial charge in [0.25, 0.3) is 5.91 Å². The molecule has 0 bridgehead atoms. The van der Waals surface area contributed by atoms with Gasteiger partial charge in [0, 0.05) is 47.6 Å². The molecule has 2 atom stereocenters. The molecule has 0 aromatic heterocycles. The SMILES string of the molecule is CC(C)CC1NC2(CCN(C(=O)C3OC=CC3=O)CC2)N(Cc2c(Cl)cccc2Cl)C1=O. The van der Waals surface area contributed by atoms with E-state index >= 15 is 0 Å². The van der Waals surface area contributed by atoms with Gasteiger partial charge in [0.1, 0.15) is 0 Å². The molecule has 1 aromatic carbocycles. The van der Waals surface area contributed by atoms with Crippen LogP contribution in [0.25, 0.3) is 0 Å². The number of likely N-dealkylation sites (tertiary alicyclic amines) is 1. The standard InChI is InChI=1S/C23H27Cl2N3O4/c1-14(2)12-18-21(30)28(13-15-16(24)4-3-5-17(15)25)23(26-18)7-9-27(10-8-23)22(31)20-19(29)6-11-32-20/h3-6,11,14,18,20,26H,7-10,12-13H2,1-2H3. The maximum Gasteiger partial charge on any atom is 0.271 e. The second-order valence-electron chi connectivity index (χ2n) is 9.03. The molecular weight excluding hydrogens is 453 g/mol. The van der Waals surface area contributed by atoms with E-state index in [1.807, 2.05) is 4.90 Å². The van der Waals surface area contributed by atoms with Gasteiger partial charge in [-0.25, -0.2) is 0 Å². The molecular formula is C23H27Cl2N3O4. The quantitative estimate of drug-likeness (QED) is 0.656. The van der Waals surface area contributed by atoms with Gasteiger partial charge in [-0.05, 0) is 24.5 Å². The molecule has 0 radical (unpaired) electrons. The Morgan fingerprint density at radius 2 is 1.88 bits per heavy atom. The first-order valence-electron chi connectivity index (χ1n) is 10.9. The van der Waals surface area contributed by atoms with Crippen molar-refractivity contribution in [3.63, 3.8) is 0 Å². The first kappa shape index (κ1) is 23.1. The highest BCUT2D eigenvalue weighted by Crippen LogP contribution is 2.37. The molecule has 0 aliphatic carbocycles. The molecule has 1 N–H and O–H groups in total. The summed E-state index contributed by atoms with van der Waals surface area (Å²) in [6.07, 6.45) is 3.24. The summed E-state index contributed by atoms with van der Waals surface area (Å²) in [6.45, 7) is 5.29. The highest BCUT2D eigenvalue weighted by Gasteiger charge is 2.52. The second-order valence-corrected chi connectivity index (χ2v) is 9.84. The van der Waals surface area contributed by atoms with Crippen molar-refractivity contribution < 1.29 is 19.1 Å². The lowest BCUT2D eigenvalue weighted by atomic mass is 9.94. The molecule has 1 spiro atoms. The number of nitrogens with one attached hydrogen (secondary N) is 1. The van der Waals surface area contributed by atoms with Crippen LogP contribution in [0.2, 0.25) is 10.0 Å². The number of ether oxygens (including phenoxy) is 1. The predicted molar refractivity (Wildman–Crippen MR) is 121 cm³/mol. The summed E-state index contributed by atoms with van der Waals surface area (Å²) in [5.41, 5.74) is 0.111. The molecule has 172 valence electrons. The van der Waals surface area contributed by atoms with Crippen molar-refractivity contribution in [2.75, 3.05) is 13.1 Å². The van der Waals surface area contributed by atoms with Crippen LogP contribution in [0.4, 0.5) is 0 Å². The fourth-order valence-corrected chi connectivity index (χ4v) is 5.28. The Bertz CT molecular complexity index is 936. The van der Waals surface area contributed by atoms with E-state index < -0.39 is 11.8 Å². The second kappa shape index (κ2) is 9.04. The van der Waals surface area contributed by atoms with E-state index in [1.165, 1.54) is 12.3 Å². The highest BCUT2D eigenvalue weighted by atomic mass is 35.5. The molecule has 1 aromatic rings. The van der Waals surface area contributed by atoms with Crippen LogP contribution in [0.1, 0.15) is 38.7 Å². The Balaban J connectivity index is 1.55. The van der Waals surface area contributed by atoms with E-state index in [1.54, 1.807) is 23.1 Å². The number of nitrogens with zero attached hydrogens (tertiary/aromatic N) is 2. The van der Waals surface area contributed by atoms with Gasteiger partial charge in [-0.1, -0.05) is 43.1 Å². The minimum Gasteiger partial charge on any atom is -0.480 e. The van der Waals surface area contributed by atoms with Gasteiger partial charge < -0.3 is 14.5 Å². The number of benzene rings is 1. The molecule has 7 nitrogen and oxygen atoms in total. The Morgan fingerprint density at radius 1 is 1.22 bits per heavy atom. The van der Waals surface area contributed by atoms with Crippen LogP contribution in [0.3, 0.4) is 0 Å². The molecule has 0 saturated carbocycles. The van der Waals surface area contributed by atoms with Crippen LogP contribution in [0.15, 0.2) is 30.5 Å². The van der Waals surface area contributed by atoms with E-state index in [4.69, 9.17) is 27.9 Å². The number of carbonyl (C=O) groups excluding carboxylic acids is 3. The largest absolute Gasteiger partial charge is 0.480 e. The van der Waals surface area contributed by atoms with Gasteiger partial charge in [-0.3, -0.25) is 19.7 Å².